The lowest BCUT2D eigenvalue weighted by Crippen LogP contribution is -2.54. The van der Waals surface area contributed by atoms with Gasteiger partial charge in [0.15, 0.2) is 0 Å². The second kappa shape index (κ2) is 13.2. The first kappa shape index (κ1) is 33.0. The van der Waals surface area contributed by atoms with Gasteiger partial charge in [-0.15, -0.1) is 11.8 Å². The molecule has 230 valence electrons. The number of unbranched alkanes of at least 4 members (excludes halogenated alkanes) is 1. The SMILES string of the molecule is COCCCCN1C(=O)C(C)Sc2cc(C(F)(F)F)c(C(=O)N(C(C)C)[C@@H]3CCCN(C(=O)OC(C)(C)C)C3)cc21. The van der Waals surface area contributed by atoms with E-state index in [1.807, 2.05) is 0 Å². The van der Waals surface area contributed by atoms with E-state index >= 15 is 0 Å². The molecule has 0 aliphatic carbocycles. The number of methoxy groups -OCH3 is 1. The molecule has 2 aliphatic rings. The third-order valence-corrected chi connectivity index (χ3v) is 8.19. The largest absolute Gasteiger partial charge is 0.444 e. The molecular weight excluding hydrogens is 559 g/mol. The molecule has 1 aromatic carbocycles. The maximum atomic E-state index is 14.4. The van der Waals surface area contributed by atoms with E-state index < -0.39 is 52.2 Å². The standard InChI is InChI=1S/C29H42F3N3O5S/c1-18(2)35(20-11-10-12-33(17-20)27(38)40-28(4,5)6)26(37)21-15-23-24(16-22(21)29(30,31)32)41-19(3)25(36)34(23)13-8-9-14-39-7/h15-16,18-20H,8-14,17H2,1-7H3/t19?,20-/m1/s1. The van der Waals surface area contributed by atoms with Gasteiger partial charge in [-0.2, -0.15) is 13.2 Å². The Morgan fingerprint density at radius 3 is 2.44 bits per heavy atom. The molecule has 1 aromatic rings. The fraction of sp³-hybridized carbons (Fsp3) is 0.690. The first-order chi connectivity index (χ1) is 19.0. The molecule has 0 bridgehead atoms. The zero-order valence-electron chi connectivity index (χ0n) is 25.0. The maximum Gasteiger partial charge on any atom is 0.417 e. The average Bonchev–Trinajstić information content (AvgIpc) is 2.86. The van der Waals surface area contributed by atoms with Crippen molar-refractivity contribution in [3.05, 3.63) is 23.3 Å². The molecule has 41 heavy (non-hydrogen) atoms. The zero-order chi connectivity index (χ0) is 30.7. The third-order valence-electron chi connectivity index (χ3n) is 7.06. The number of anilines is 1. The number of alkyl halides is 3. The van der Waals surface area contributed by atoms with E-state index in [1.54, 1.807) is 48.7 Å². The summed E-state index contributed by atoms with van der Waals surface area (Å²) >= 11 is 1.07. The lowest BCUT2D eigenvalue weighted by Gasteiger charge is -2.42. The molecule has 2 atom stereocenters. The molecule has 0 N–H and O–H groups in total. The van der Waals surface area contributed by atoms with Crippen LogP contribution in [-0.2, 0) is 20.4 Å². The van der Waals surface area contributed by atoms with Crippen LogP contribution in [0.3, 0.4) is 0 Å². The smallest absolute Gasteiger partial charge is 0.417 e. The summed E-state index contributed by atoms with van der Waals surface area (Å²) in [6, 6.07) is 1.30. The molecule has 1 fully saturated rings. The molecule has 0 aromatic heterocycles. The molecule has 1 saturated heterocycles. The van der Waals surface area contributed by atoms with Gasteiger partial charge in [0.1, 0.15) is 5.60 Å². The Hall–Kier alpha value is -2.47. The normalized spacial score (nSPS) is 19.8. The van der Waals surface area contributed by atoms with Crippen LogP contribution >= 0.6 is 11.8 Å². The topological polar surface area (TPSA) is 79.4 Å². The van der Waals surface area contributed by atoms with Crippen molar-refractivity contribution in [2.75, 3.05) is 38.3 Å². The predicted molar refractivity (Wildman–Crippen MR) is 152 cm³/mol. The number of halogens is 3. The second-order valence-corrected chi connectivity index (χ2v) is 13.2. The van der Waals surface area contributed by atoms with E-state index in [4.69, 9.17) is 9.47 Å². The number of fused-ring (bicyclic) bond motifs is 1. The highest BCUT2D eigenvalue weighted by Gasteiger charge is 2.42. The number of carbonyl (C=O) groups is 3. The Kier molecular flexibility index (Phi) is 10.7. The van der Waals surface area contributed by atoms with Crippen molar-refractivity contribution in [1.29, 1.82) is 0 Å². The van der Waals surface area contributed by atoms with Crippen LogP contribution in [0.1, 0.15) is 83.1 Å². The number of rotatable bonds is 8. The number of ether oxygens (including phenoxy) is 2. The van der Waals surface area contributed by atoms with Gasteiger partial charge < -0.3 is 24.2 Å². The molecule has 2 heterocycles. The van der Waals surface area contributed by atoms with Crippen molar-refractivity contribution in [3.8, 4) is 0 Å². The van der Waals surface area contributed by atoms with Crippen LogP contribution in [0.4, 0.5) is 23.7 Å². The van der Waals surface area contributed by atoms with E-state index in [2.05, 4.69) is 0 Å². The van der Waals surface area contributed by atoms with Gasteiger partial charge in [-0.25, -0.2) is 4.79 Å². The third kappa shape index (κ3) is 8.09. The maximum absolute atomic E-state index is 14.4. The summed E-state index contributed by atoms with van der Waals surface area (Å²) in [5.41, 5.74) is -1.91. The highest BCUT2D eigenvalue weighted by molar-refractivity contribution is 8.01. The average molecular weight is 602 g/mol. The van der Waals surface area contributed by atoms with Crippen molar-refractivity contribution in [1.82, 2.24) is 9.80 Å². The highest BCUT2D eigenvalue weighted by Crippen LogP contribution is 2.45. The first-order valence-electron chi connectivity index (χ1n) is 14.1. The molecular formula is C29H42F3N3O5S. The summed E-state index contributed by atoms with van der Waals surface area (Å²) < 4.78 is 53.9. The second-order valence-electron chi connectivity index (χ2n) is 11.8. The minimum Gasteiger partial charge on any atom is -0.444 e. The van der Waals surface area contributed by atoms with E-state index in [0.717, 1.165) is 17.8 Å². The minimum absolute atomic E-state index is 0.155. The zero-order valence-corrected chi connectivity index (χ0v) is 25.8. The van der Waals surface area contributed by atoms with Crippen LogP contribution in [0, 0.1) is 0 Å². The summed E-state index contributed by atoms with van der Waals surface area (Å²) in [4.78, 5) is 44.7. The summed E-state index contributed by atoms with van der Waals surface area (Å²) in [7, 11) is 1.58. The van der Waals surface area contributed by atoms with Gasteiger partial charge >= 0.3 is 12.3 Å². The van der Waals surface area contributed by atoms with Crippen LogP contribution < -0.4 is 4.90 Å². The highest BCUT2D eigenvalue weighted by atomic mass is 32.2. The number of hydrogen-bond donors (Lipinski definition) is 0. The Balaban J connectivity index is 2.01. The lowest BCUT2D eigenvalue weighted by molar-refractivity contribution is -0.138. The Morgan fingerprint density at radius 1 is 1.17 bits per heavy atom. The van der Waals surface area contributed by atoms with Gasteiger partial charge in [0.05, 0.1) is 28.1 Å². The molecule has 12 heteroatoms. The van der Waals surface area contributed by atoms with Gasteiger partial charge in [0, 0.05) is 44.3 Å². The summed E-state index contributed by atoms with van der Waals surface area (Å²) in [5, 5.41) is -0.555. The van der Waals surface area contributed by atoms with Gasteiger partial charge in [0.25, 0.3) is 5.91 Å². The summed E-state index contributed by atoms with van der Waals surface area (Å²) in [6.07, 6.45) is -2.91. The van der Waals surface area contributed by atoms with Crippen LogP contribution in [0.5, 0.6) is 0 Å². The number of likely N-dealkylation sites (tertiary alicyclic amines) is 1. The number of nitrogens with zero attached hydrogens (tertiary/aromatic N) is 3. The number of piperidine rings is 1. The van der Waals surface area contributed by atoms with Crippen molar-refractivity contribution < 1.29 is 37.0 Å². The monoisotopic (exact) mass is 601 g/mol. The molecule has 1 unspecified atom stereocenters. The fourth-order valence-corrected chi connectivity index (χ4v) is 6.33. The predicted octanol–water partition coefficient (Wildman–Crippen LogP) is 6.21. The van der Waals surface area contributed by atoms with Gasteiger partial charge in [-0.05, 0) is 79.4 Å². The summed E-state index contributed by atoms with van der Waals surface area (Å²) in [6.45, 7) is 11.8. The molecule has 8 nitrogen and oxygen atoms in total. The van der Waals surface area contributed by atoms with E-state index in [9.17, 15) is 27.6 Å². The number of carbonyl (C=O) groups excluding carboxylic acids is 3. The Morgan fingerprint density at radius 2 is 1.85 bits per heavy atom. The molecule has 0 radical (unpaired) electrons. The minimum atomic E-state index is -4.79. The Bertz CT molecular complexity index is 1120. The molecule has 0 spiro atoms. The molecule has 0 saturated carbocycles. The van der Waals surface area contributed by atoms with Crippen LogP contribution in [0.15, 0.2) is 17.0 Å². The van der Waals surface area contributed by atoms with Crippen molar-refractivity contribution in [2.45, 2.75) is 101 Å². The van der Waals surface area contributed by atoms with Crippen LogP contribution in [0.25, 0.3) is 0 Å². The van der Waals surface area contributed by atoms with Gasteiger partial charge in [-0.3, -0.25) is 9.59 Å². The van der Waals surface area contributed by atoms with E-state index in [0.29, 0.717) is 56.0 Å². The van der Waals surface area contributed by atoms with Crippen molar-refractivity contribution in [2.24, 2.45) is 0 Å². The number of thioether (sulfide) groups is 1. The molecule has 2 aliphatic heterocycles. The van der Waals surface area contributed by atoms with Crippen molar-refractivity contribution in [3.63, 3.8) is 0 Å². The van der Waals surface area contributed by atoms with Gasteiger partial charge in [-0.1, -0.05) is 0 Å². The summed E-state index contributed by atoms with van der Waals surface area (Å²) in [5.74, 6) is -0.986. The number of hydrogen-bond acceptors (Lipinski definition) is 6. The molecule has 3 rings (SSSR count). The van der Waals surface area contributed by atoms with Crippen LogP contribution in [0.2, 0.25) is 0 Å². The lowest BCUT2D eigenvalue weighted by atomic mass is 9.98. The van der Waals surface area contributed by atoms with Crippen molar-refractivity contribution >= 4 is 35.4 Å². The quantitative estimate of drug-likeness (QED) is 0.330. The first-order valence-corrected chi connectivity index (χ1v) is 15.0. The van der Waals surface area contributed by atoms with Crippen LogP contribution in [-0.4, -0.2) is 84.0 Å². The number of benzene rings is 1. The van der Waals surface area contributed by atoms with Gasteiger partial charge in [0.2, 0.25) is 5.91 Å². The Labute approximate surface area is 244 Å². The number of amides is 3. The molecule has 3 amide bonds. The van der Waals surface area contributed by atoms with E-state index in [1.165, 1.54) is 20.8 Å². The fourth-order valence-electron chi connectivity index (χ4n) is 5.25. The van der Waals surface area contributed by atoms with E-state index in [-0.39, 0.29) is 12.5 Å².